The smallest absolute Gasteiger partial charge is 0.204 e. The maximum absolute atomic E-state index is 11.5. The van der Waals surface area contributed by atoms with Crippen molar-refractivity contribution in [3.05, 3.63) is 0 Å². The Bertz CT molecular complexity index is 208. The highest BCUT2D eigenvalue weighted by Gasteiger charge is 2.36. The molecular formula is C10H16O2. The van der Waals surface area contributed by atoms with Crippen LogP contribution in [0.4, 0.5) is 0 Å². The lowest BCUT2D eigenvalue weighted by Gasteiger charge is -2.22. The topological polar surface area (TPSA) is 34.1 Å². The molecule has 0 aromatic rings. The molecule has 2 heteroatoms. The highest BCUT2D eigenvalue weighted by atomic mass is 16.2. The minimum atomic E-state index is -0.354. The summed E-state index contributed by atoms with van der Waals surface area (Å²) in [5, 5.41) is 0. The fourth-order valence-electron chi connectivity index (χ4n) is 1.70. The number of hydrogen-bond donors (Lipinski definition) is 0. The van der Waals surface area contributed by atoms with Crippen molar-refractivity contribution in [2.24, 2.45) is 5.41 Å². The van der Waals surface area contributed by atoms with Crippen LogP contribution in [0.5, 0.6) is 0 Å². The SMILES string of the molecule is CCC1(C)CCCCC(=O)C1=O. The molecule has 0 N–H and O–H groups in total. The summed E-state index contributed by atoms with van der Waals surface area (Å²) in [5.41, 5.74) is -0.354. The van der Waals surface area contributed by atoms with Gasteiger partial charge in [0.15, 0.2) is 5.78 Å². The first-order valence-electron chi connectivity index (χ1n) is 4.68. The van der Waals surface area contributed by atoms with Crippen LogP contribution in [0, 0.1) is 5.41 Å². The number of Topliss-reactive ketones (excluding diaryl/α,β-unsaturated/α-hetero) is 2. The van der Waals surface area contributed by atoms with E-state index in [1.165, 1.54) is 0 Å². The molecule has 1 rings (SSSR count). The summed E-state index contributed by atoms with van der Waals surface area (Å²) in [6.07, 6.45) is 4.04. The molecule has 0 heterocycles. The minimum absolute atomic E-state index is 0.137. The number of hydrogen-bond acceptors (Lipinski definition) is 2. The molecule has 0 amide bonds. The van der Waals surface area contributed by atoms with E-state index in [0.717, 1.165) is 25.7 Å². The van der Waals surface area contributed by atoms with Gasteiger partial charge in [-0.1, -0.05) is 20.3 Å². The van der Waals surface area contributed by atoms with Crippen LogP contribution in [0.3, 0.4) is 0 Å². The van der Waals surface area contributed by atoms with Crippen molar-refractivity contribution < 1.29 is 9.59 Å². The molecule has 0 spiro atoms. The summed E-state index contributed by atoms with van der Waals surface area (Å²) in [6.45, 7) is 3.90. The van der Waals surface area contributed by atoms with E-state index < -0.39 is 0 Å². The highest BCUT2D eigenvalue weighted by molar-refractivity contribution is 6.39. The molecule has 1 fully saturated rings. The van der Waals surface area contributed by atoms with Crippen LogP contribution in [0.15, 0.2) is 0 Å². The molecule has 1 atom stereocenters. The molecule has 1 aliphatic rings. The summed E-state index contributed by atoms with van der Waals surface area (Å²) >= 11 is 0. The molecule has 2 nitrogen and oxygen atoms in total. The maximum atomic E-state index is 11.5. The van der Waals surface area contributed by atoms with E-state index >= 15 is 0 Å². The van der Waals surface area contributed by atoms with Crippen molar-refractivity contribution in [3.8, 4) is 0 Å². The standard InChI is InChI=1S/C10H16O2/c1-3-10(2)7-5-4-6-8(11)9(10)12/h3-7H2,1-2H3. The Morgan fingerprint density at radius 3 is 2.58 bits per heavy atom. The quantitative estimate of drug-likeness (QED) is 0.444. The van der Waals surface area contributed by atoms with Crippen molar-refractivity contribution in [3.63, 3.8) is 0 Å². The number of carbonyl (C=O) groups excluding carboxylic acids is 2. The summed E-state index contributed by atoms with van der Waals surface area (Å²) in [6, 6.07) is 0. The molecular weight excluding hydrogens is 152 g/mol. The van der Waals surface area contributed by atoms with Crippen LogP contribution in [0.2, 0.25) is 0 Å². The second kappa shape index (κ2) is 3.38. The van der Waals surface area contributed by atoms with E-state index in [1.807, 2.05) is 13.8 Å². The normalized spacial score (nSPS) is 31.8. The monoisotopic (exact) mass is 168 g/mol. The van der Waals surface area contributed by atoms with Gasteiger partial charge in [0.05, 0.1) is 0 Å². The number of ketones is 2. The van der Waals surface area contributed by atoms with Crippen LogP contribution in [0.25, 0.3) is 0 Å². The second-order valence-electron chi connectivity index (χ2n) is 3.87. The lowest BCUT2D eigenvalue weighted by Crippen LogP contribution is -2.31. The molecule has 0 radical (unpaired) electrons. The third-order valence-electron chi connectivity index (χ3n) is 2.96. The molecule has 0 aromatic heterocycles. The van der Waals surface area contributed by atoms with Crippen LogP contribution < -0.4 is 0 Å². The van der Waals surface area contributed by atoms with Gasteiger partial charge in [0.2, 0.25) is 5.78 Å². The Balaban J connectivity index is 2.85. The third kappa shape index (κ3) is 1.57. The fraction of sp³-hybridized carbons (Fsp3) is 0.800. The average molecular weight is 168 g/mol. The van der Waals surface area contributed by atoms with Crippen LogP contribution >= 0.6 is 0 Å². The van der Waals surface area contributed by atoms with E-state index in [4.69, 9.17) is 0 Å². The van der Waals surface area contributed by atoms with Gasteiger partial charge in [0.1, 0.15) is 0 Å². The van der Waals surface area contributed by atoms with Crippen molar-refractivity contribution in [2.75, 3.05) is 0 Å². The lowest BCUT2D eigenvalue weighted by molar-refractivity contribution is -0.141. The first-order valence-corrected chi connectivity index (χ1v) is 4.68. The molecule has 0 saturated heterocycles. The molecule has 0 bridgehead atoms. The van der Waals surface area contributed by atoms with Crippen LogP contribution in [-0.2, 0) is 9.59 Å². The third-order valence-corrected chi connectivity index (χ3v) is 2.96. The first kappa shape index (κ1) is 9.43. The van der Waals surface area contributed by atoms with Crippen molar-refractivity contribution >= 4 is 11.6 Å². The predicted octanol–water partition coefficient (Wildman–Crippen LogP) is 2.11. The summed E-state index contributed by atoms with van der Waals surface area (Å²) < 4.78 is 0. The molecule has 0 aromatic carbocycles. The molecule has 1 unspecified atom stereocenters. The predicted molar refractivity (Wildman–Crippen MR) is 46.9 cm³/mol. The molecule has 1 aliphatic carbocycles. The zero-order chi connectivity index (χ0) is 9.19. The van der Waals surface area contributed by atoms with Crippen LogP contribution in [-0.4, -0.2) is 11.6 Å². The van der Waals surface area contributed by atoms with Crippen molar-refractivity contribution in [1.29, 1.82) is 0 Å². The number of carbonyl (C=O) groups is 2. The van der Waals surface area contributed by atoms with Crippen LogP contribution in [0.1, 0.15) is 46.0 Å². The maximum Gasteiger partial charge on any atom is 0.204 e. The Morgan fingerprint density at radius 2 is 2.00 bits per heavy atom. The fourth-order valence-corrected chi connectivity index (χ4v) is 1.70. The molecule has 68 valence electrons. The van der Waals surface area contributed by atoms with Gasteiger partial charge in [-0.3, -0.25) is 9.59 Å². The van der Waals surface area contributed by atoms with Gasteiger partial charge in [0, 0.05) is 11.8 Å². The summed E-state index contributed by atoms with van der Waals surface area (Å²) in [7, 11) is 0. The Kier molecular flexibility index (Phi) is 2.65. The van der Waals surface area contributed by atoms with Gasteiger partial charge in [-0.2, -0.15) is 0 Å². The van der Waals surface area contributed by atoms with E-state index in [0.29, 0.717) is 6.42 Å². The van der Waals surface area contributed by atoms with Gasteiger partial charge >= 0.3 is 0 Å². The first-order chi connectivity index (χ1) is 5.60. The molecule has 12 heavy (non-hydrogen) atoms. The van der Waals surface area contributed by atoms with Gasteiger partial charge in [-0.15, -0.1) is 0 Å². The highest BCUT2D eigenvalue weighted by Crippen LogP contribution is 2.32. The van der Waals surface area contributed by atoms with Gasteiger partial charge in [-0.25, -0.2) is 0 Å². The van der Waals surface area contributed by atoms with Gasteiger partial charge in [-0.05, 0) is 19.3 Å². The van der Waals surface area contributed by atoms with E-state index in [-0.39, 0.29) is 17.0 Å². The van der Waals surface area contributed by atoms with Gasteiger partial charge < -0.3 is 0 Å². The molecule has 0 aliphatic heterocycles. The number of rotatable bonds is 1. The molecule has 1 saturated carbocycles. The Labute approximate surface area is 73.3 Å². The van der Waals surface area contributed by atoms with Crippen molar-refractivity contribution in [2.45, 2.75) is 46.0 Å². The zero-order valence-corrected chi connectivity index (χ0v) is 7.85. The Hall–Kier alpha value is -0.660. The zero-order valence-electron chi connectivity index (χ0n) is 7.85. The minimum Gasteiger partial charge on any atom is -0.291 e. The Morgan fingerprint density at radius 1 is 1.33 bits per heavy atom. The largest absolute Gasteiger partial charge is 0.291 e. The second-order valence-corrected chi connectivity index (χ2v) is 3.87. The van der Waals surface area contributed by atoms with Gasteiger partial charge in [0.25, 0.3) is 0 Å². The van der Waals surface area contributed by atoms with E-state index in [1.54, 1.807) is 0 Å². The average Bonchev–Trinajstić information content (AvgIpc) is 2.20. The van der Waals surface area contributed by atoms with E-state index in [2.05, 4.69) is 0 Å². The summed E-state index contributed by atoms with van der Waals surface area (Å²) in [4.78, 5) is 22.8. The van der Waals surface area contributed by atoms with E-state index in [9.17, 15) is 9.59 Å². The van der Waals surface area contributed by atoms with Crippen molar-refractivity contribution in [1.82, 2.24) is 0 Å². The summed E-state index contributed by atoms with van der Waals surface area (Å²) in [5.74, 6) is -0.292. The lowest BCUT2D eigenvalue weighted by atomic mass is 9.79.